The number of hydrogen-bond donors (Lipinski definition) is 4. The molecule has 42 heavy (non-hydrogen) atoms. The third kappa shape index (κ3) is 9.31. The van der Waals surface area contributed by atoms with Crippen molar-refractivity contribution in [3.63, 3.8) is 0 Å². The number of carbonyl (C=O) groups excluding carboxylic acids is 1. The minimum absolute atomic E-state index is 0.0694. The number of aliphatic carboxylic acids is 1. The number of piperazine rings is 1. The van der Waals surface area contributed by atoms with Crippen LogP contribution in [0.5, 0.6) is 0 Å². The van der Waals surface area contributed by atoms with Gasteiger partial charge in [0.2, 0.25) is 0 Å². The van der Waals surface area contributed by atoms with E-state index in [9.17, 15) is 26.4 Å². The SMILES string of the molecule is CC(C)(C)c1ccc(S(=O)(=O)Nc2cnc(N3CCNCC3)c(C(=O)NC3CCCCC3)c2)cc1.O=C(O)C(F)(F)F. The summed E-state index contributed by atoms with van der Waals surface area (Å²) in [6.45, 7) is 9.35. The molecule has 4 rings (SSSR count). The van der Waals surface area contributed by atoms with E-state index >= 15 is 0 Å². The third-order valence-corrected chi connectivity index (χ3v) is 8.39. The molecule has 2 fully saturated rings. The van der Waals surface area contributed by atoms with E-state index in [2.05, 4.69) is 46.0 Å². The van der Waals surface area contributed by atoms with Gasteiger partial charge in [0.15, 0.2) is 0 Å². The normalized spacial score (nSPS) is 16.7. The van der Waals surface area contributed by atoms with Crippen molar-refractivity contribution in [2.75, 3.05) is 35.8 Å². The van der Waals surface area contributed by atoms with Gasteiger partial charge in [-0.3, -0.25) is 9.52 Å². The molecule has 0 atom stereocenters. The molecule has 0 bridgehead atoms. The van der Waals surface area contributed by atoms with E-state index in [4.69, 9.17) is 9.90 Å². The lowest BCUT2D eigenvalue weighted by atomic mass is 9.87. The van der Waals surface area contributed by atoms with Gasteiger partial charge in [-0.1, -0.05) is 52.2 Å². The zero-order chi connectivity index (χ0) is 31.1. The number of carboxylic acids is 1. The van der Waals surface area contributed by atoms with Crippen molar-refractivity contribution in [3.8, 4) is 0 Å². The van der Waals surface area contributed by atoms with Crippen LogP contribution in [0.25, 0.3) is 0 Å². The summed E-state index contributed by atoms with van der Waals surface area (Å²) in [6, 6.07) is 8.66. The largest absolute Gasteiger partial charge is 0.490 e. The number of carbonyl (C=O) groups is 2. The molecule has 1 saturated heterocycles. The predicted octanol–water partition coefficient (Wildman–Crippen LogP) is 4.29. The van der Waals surface area contributed by atoms with E-state index in [1.165, 1.54) is 12.6 Å². The van der Waals surface area contributed by atoms with E-state index < -0.39 is 22.2 Å². The van der Waals surface area contributed by atoms with Crippen LogP contribution in [0.4, 0.5) is 24.7 Å². The summed E-state index contributed by atoms with van der Waals surface area (Å²) < 4.78 is 60.5. The highest BCUT2D eigenvalue weighted by molar-refractivity contribution is 7.92. The van der Waals surface area contributed by atoms with Gasteiger partial charge in [-0.05, 0) is 42.0 Å². The van der Waals surface area contributed by atoms with Crippen molar-refractivity contribution in [1.82, 2.24) is 15.6 Å². The maximum absolute atomic E-state index is 13.3. The van der Waals surface area contributed by atoms with E-state index in [1.807, 2.05) is 12.1 Å². The summed E-state index contributed by atoms with van der Waals surface area (Å²) in [5, 5.41) is 13.6. The topological polar surface area (TPSA) is 141 Å². The number of anilines is 2. The van der Waals surface area contributed by atoms with Gasteiger partial charge in [0.1, 0.15) is 5.82 Å². The summed E-state index contributed by atoms with van der Waals surface area (Å²) in [4.78, 5) is 29.0. The van der Waals surface area contributed by atoms with Gasteiger partial charge in [0, 0.05) is 32.2 Å². The summed E-state index contributed by atoms with van der Waals surface area (Å²) in [7, 11) is -3.83. The van der Waals surface area contributed by atoms with Gasteiger partial charge in [0.25, 0.3) is 15.9 Å². The quantitative estimate of drug-likeness (QED) is 0.379. The molecule has 0 spiro atoms. The molecule has 4 N–H and O–H groups in total. The number of nitrogens with one attached hydrogen (secondary N) is 3. The summed E-state index contributed by atoms with van der Waals surface area (Å²) >= 11 is 0. The highest BCUT2D eigenvalue weighted by Gasteiger charge is 2.38. The fourth-order valence-electron chi connectivity index (χ4n) is 4.67. The van der Waals surface area contributed by atoms with Gasteiger partial charge in [-0.25, -0.2) is 18.2 Å². The summed E-state index contributed by atoms with van der Waals surface area (Å²) in [5.74, 6) is -2.36. The Balaban J connectivity index is 0.000000616. The average molecular weight is 614 g/mol. The fourth-order valence-corrected chi connectivity index (χ4v) is 5.70. The molecule has 2 aromatic rings. The number of carboxylic acid groups (broad SMARTS) is 1. The predicted molar refractivity (Wildman–Crippen MR) is 153 cm³/mol. The number of aromatic nitrogens is 1. The lowest BCUT2D eigenvalue weighted by Crippen LogP contribution is -2.45. The molecular weight excluding hydrogens is 575 g/mol. The smallest absolute Gasteiger partial charge is 0.475 e. The number of pyridine rings is 1. The number of rotatable bonds is 6. The molecule has 2 aliphatic rings. The first-order valence-electron chi connectivity index (χ1n) is 13.8. The first kappa shape index (κ1) is 33.1. The Labute approximate surface area is 244 Å². The van der Waals surface area contributed by atoms with Crippen molar-refractivity contribution in [2.24, 2.45) is 0 Å². The molecule has 10 nitrogen and oxygen atoms in total. The fraction of sp³-hybridized carbons (Fsp3) is 0.536. The third-order valence-electron chi connectivity index (χ3n) is 6.99. The van der Waals surface area contributed by atoms with E-state index in [0.717, 1.165) is 57.4 Å². The Hall–Kier alpha value is -3.39. The Morgan fingerprint density at radius 1 is 1.02 bits per heavy atom. The molecule has 1 aliphatic carbocycles. The van der Waals surface area contributed by atoms with Crippen molar-refractivity contribution < 1.29 is 36.3 Å². The monoisotopic (exact) mass is 613 g/mol. The standard InChI is InChI=1S/C26H37N5O3S.C2HF3O2/c1-26(2,3)19-9-11-22(12-10-19)35(33,34)30-21-17-23(25(32)29-20-7-5-4-6-8-20)24(28-18-21)31-15-13-27-14-16-31;3-2(4,5)1(6)7/h9-12,17-18,20,27,30H,4-8,13-16H2,1-3H3,(H,29,32);(H,6,7). The van der Waals surface area contributed by atoms with Gasteiger partial charge in [-0.2, -0.15) is 13.2 Å². The zero-order valence-corrected chi connectivity index (χ0v) is 24.7. The summed E-state index contributed by atoms with van der Waals surface area (Å²) in [5.41, 5.74) is 1.67. The van der Waals surface area contributed by atoms with Crippen LogP contribution in [0.2, 0.25) is 0 Å². The second-order valence-corrected chi connectivity index (χ2v) is 13.0. The highest BCUT2D eigenvalue weighted by atomic mass is 32.2. The second-order valence-electron chi connectivity index (χ2n) is 11.3. The number of amides is 1. The van der Waals surface area contributed by atoms with Gasteiger partial charge in [-0.15, -0.1) is 0 Å². The number of nitrogens with zero attached hydrogens (tertiary/aromatic N) is 2. The van der Waals surface area contributed by atoms with E-state index in [-0.39, 0.29) is 27.9 Å². The van der Waals surface area contributed by atoms with Gasteiger partial charge < -0.3 is 20.6 Å². The lowest BCUT2D eigenvalue weighted by Gasteiger charge is -2.30. The molecule has 232 valence electrons. The van der Waals surface area contributed by atoms with Crippen LogP contribution in [0, 0.1) is 0 Å². The van der Waals surface area contributed by atoms with Crippen molar-refractivity contribution in [2.45, 2.75) is 75.4 Å². The Morgan fingerprint density at radius 3 is 2.12 bits per heavy atom. The number of benzene rings is 1. The van der Waals surface area contributed by atoms with Crippen molar-refractivity contribution >= 4 is 33.4 Å². The Bertz CT molecular complexity index is 1330. The number of halogens is 3. The van der Waals surface area contributed by atoms with Crippen LogP contribution < -0.4 is 20.3 Å². The molecule has 0 radical (unpaired) electrons. The van der Waals surface area contributed by atoms with Crippen molar-refractivity contribution in [1.29, 1.82) is 0 Å². The number of sulfonamides is 1. The average Bonchev–Trinajstić information content (AvgIpc) is 2.93. The molecule has 0 unspecified atom stereocenters. The maximum Gasteiger partial charge on any atom is 0.490 e. The zero-order valence-electron chi connectivity index (χ0n) is 23.9. The minimum atomic E-state index is -5.08. The minimum Gasteiger partial charge on any atom is -0.475 e. The Kier molecular flexibility index (Phi) is 10.8. The van der Waals surface area contributed by atoms with Crippen LogP contribution in [0.3, 0.4) is 0 Å². The molecule has 1 aromatic heterocycles. The second kappa shape index (κ2) is 13.7. The first-order chi connectivity index (χ1) is 19.6. The molecule has 2 heterocycles. The van der Waals surface area contributed by atoms with Gasteiger partial charge >= 0.3 is 12.1 Å². The molecule has 1 aromatic carbocycles. The first-order valence-corrected chi connectivity index (χ1v) is 15.3. The number of alkyl halides is 3. The number of hydrogen-bond acceptors (Lipinski definition) is 7. The van der Waals surface area contributed by atoms with Crippen LogP contribution in [-0.2, 0) is 20.2 Å². The molecule has 14 heteroatoms. The molecule has 1 saturated carbocycles. The van der Waals surface area contributed by atoms with Gasteiger partial charge in [0.05, 0.1) is 22.3 Å². The van der Waals surface area contributed by atoms with Crippen LogP contribution >= 0.6 is 0 Å². The summed E-state index contributed by atoms with van der Waals surface area (Å²) in [6.07, 6.45) is 1.78. The highest BCUT2D eigenvalue weighted by Crippen LogP contribution is 2.27. The van der Waals surface area contributed by atoms with Crippen molar-refractivity contribution in [3.05, 3.63) is 47.7 Å². The van der Waals surface area contributed by atoms with E-state index in [0.29, 0.717) is 11.4 Å². The lowest BCUT2D eigenvalue weighted by molar-refractivity contribution is -0.192. The maximum atomic E-state index is 13.3. The molecule has 1 amide bonds. The van der Waals surface area contributed by atoms with Crippen LogP contribution in [-0.4, -0.2) is 68.8 Å². The Morgan fingerprint density at radius 2 is 1.60 bits per heavy atom. The van der Waals surface area contributed by atoms with Crippen LogP contribution in [0.15, 0.2) is 41.4 Å². The van der Waals surface area contributed by atoms with Crippen LogP contribution in [0.1, 0.15) is 68.8 Å². The molecular formula is C28H38F3N5O5S. The molecule has 1 aliphatic heterocycles. The van der Waals surface area contributed by atoms with E-state index in [1.54, 1.807) is 18.2 Å².